The number of rotatable bonds is 6. The van der Waals surface area contributed by atoms with Crippen LogP contribution in [-0.2, 0) is 4.74 Å². The van der Waals surface area contributed by atoms with E-state index in [9.17, 15) is 5.11 Å². The van der Waals surface area contributed by atoms with Crippen molar-refractivity contribution in [2.24, 2.45) is 0 Å². The average molecular weight is 267 g/mol. The number of nitrogens with one attached hydrogen (secondary N) is 1. The second-order valence-electron chi connectivity index (χ2n) is 4.54. The topological polar surface area (TPSA) is 50.8 Å². The molecule has 2 aliphatic heterocycles. The van der Waals surface area contributed by atoms with E-state index < -0.39 is 0 Å². The molecule has 0 spiro atoms. The predicted molar refractivity (Wildman–Crippen MR) is 60.4 cm³/mol. The van der Waals surface area contributed by atoms with Crippen LogP contribution in [0.4, 0.5) is 0 Å². The molecule has 0 amide bonds. The molecule has 0 unspecified atom stereocenters. The monoisotopic (exact) mass is 267 g/mol. The molecule has 0 bridgehead atoms. The first kappa shape index (κ1) is 16.5. The van der Waals surface area contributed by atoms with Gasteiger partial charge >= 0.3 is 51.4 Å². The van der Waals surface area contributed by atoms with Crippen LogP contribution in [0.2, 0.25) is 0 Å². The van der Waals surface area contributed by atoms with E-state index in [1.54, 1.807) is 0 Å². The van der Waals surface area contributed by atoms with Gasteiger partial charge in [-0.2, -0.15) is 0 Å². The summed E-state index contributed by atoms with van der Waals surface area (Å²) < 4.78 is 5.69. The third-order valence-corrected chi connectivity index (χ3v) is 3.38. The normalized spacial score (nSPS) is 23.1. The molecule has 2 saturated heterocycles. The Morgan fingerprint density at radius 2 is 1.65 bits per heavy atom. The van der Waals surface area contributed by atoms with Crippen molar-refractivity contribution in [1.82, 2.24) is 15.1 Å². The van der Waals surface area contributed by atoms with Crippen LogP contribution >= 0.6 is 0 Å². The van der Waals surface area contributed by atoms with Crippen molar-refractivity contribution >= 4 is 0 Å². The molecule has 0 aromatic heterocycles. The van der Waals surface area contributed by atoms with E-state index in [-0.39, 0.29) is 58.0 Å². The average Bonchev–Trinajstić information content (AvgIpc) is 2.24. The fraction of sp³-hybridized carbons (Fsp3) is 1.00. The van der Waals surface area contributed by atoms with E-state index in [1.807, 2.05) is 0 Å². The van der Waals surface area contributed by atoms with E-state index in [0.29, 0.717) is 12.6 Å². The summed E-state index contributed by atoms with van der Waals surface area (Å²) in [5.74, 6) is 0. The quantitative estimate of drug-likeness (QED) is 0.488. The molecule has 2 aliphatic rings. The molecule has 2 fully saturated rings. The van der Waals surface area contributed by atoms with Crippen LogP contribution in [0.5, 0.6) is 0 Å². The minimum Gasteiger partial charge on any atom is -0.854 e. The van der Waals surface area contributed by atoms with Gasteiger partial charge < -0.3 is 20.1 Å². The number of hydrogen-bond acceptors (Lipinski definition) is 5. The molecule has 0 aromatic rings. The molecule has 0 aliphatic carbocycles. The zero-order valence-corrected chi connectivity index (χ0v) is 14.0. The Bertz CT molecular complexity index is 197. The minimum absolute atomic E-state index is 0. The summed E-state index contributed by atoms with van der Waals surface area (Å²) in [4.78, 5) is 4.67. The molecular formula is C11H22KN3O2. The van der Waals surface area contributed by atoms with Crippen LogP contribution in [0, 0.1) is 0 Å². The zero-order chi connectivity index (χ0) is 11.2. The standard InChI is InChI=1S/C11H22N3O2.K/c15-7-5-13-1-3-14(4-2-13)6-8-16-11-9-12-10-11;/h11-12H,1-10H2;/q-1;+1. The summed E-state index contributed by atoms with van der Waals surface area (Å²) in [6.45, 7) is 8.85. The van der Waals surface area contributed by atoms with E-state index >= 15 is 0 Å². The molecule has 0 atom stereocenters. The molecule has 6 heteroatoms. The van der Waals surface area contributed by atoms with Crippen molar-refractivity contribution in [1.29, 1.82) is 0 Å². The Morgan fingerprint density at radius 3 is 2.12 bits per heavy atom. The van der Waals surface area contributed by atoms with Crippen LogP contribution in [0.25, 0.3) is 0 Å². The molecule has 5 nitrogen and oxygen atoms in total. The Balaban J connectivity index is 0.00000144. The molecule has 0 saturated carbocycles. The van der Waals surface area contributed by atoms with Gasteiger partial charge in [0.05, 0.1) is 12.7 Å². The number of nitrogens with zero attached hydrogens (tertiary/aromatic N) is 2. The number of ether oxygens (including phenoxy) is 1. The van der Waals surface area contributed by atoms with E-state index in [4.69, 9.17) is 4.74 Å². The fourth-order valence-electron chi connectivity index (χ4n) is 2.09. The summed E-state index contributed by atoms with van der Waals surface area (Å²) >= 11 is 0. The maximum atomic E-state index is 10.5. The van der Waals surface area contributed by atoms with Gasteiger partial charge in [0.2, 0.25) is 0 Å². The molecule has 1 N–H and O–H groups in total. The van der Waals surface area contributed by atoms with Gasteiger partial charge in [-0.25, -0.2) is 0 Å². The van der Waals surface area contributed by atoms with Gasteiger partial charge in [-0.1, -0.05) is 0 Å². The molecule has 94 valence electrons. The van der Waals surface area contributed by atoms with Gasteiger partial charge in [0.1, 0.15) is 0 Å². The van der Waals surface area contributed by atoms with Crippen molar-refractivity contribution in [3.63, 3.8) is 0 Å². The number of hydrogen-bond donors (Lipinski definition) is 1. The molecule has 0 aromatic carbocycles. The SMILES string of the molecule is [K+].[O-]CCN1CCN(CCOC2CNC2)CC1. The maximum Gasteiger partial charge on any atom is 1.00 e. The predicted octanol–water partition coefficient (Wildman–Crippen LogP) is -5.04. The molecule has 2 rings (SSSR count). The van der Waals surface area contributed by atoms with Gasteiger partial charge in [0, 0.05) is 45.8 Å². The first-order valence-electron chi connectivity index (χ1n) is 6.23. The number of piperazine rings is 1. The Kier molecular flexibility index (Phi) is 9.08. The first-order valence-corrected chi connectivity index (χ1v) is 6.23. The second kappa shape index (κ2) is 9.36. The van der Waals surface area contributed by atoms with Crippen LogP contribution in [0.15, 0.2) is 0 Å². The summed E-state index contributed by atoms with van der Waals surface area (Å²) in [6.07, 6.45) is 0.446. The van der Waals surface area contributed by atoms with Crippen molar-refractivity contribution in [3.8, 4) is 0 Å². The van der Waals surface area contributed by atoms with Crippen molar-refractivity contribution in [2.75, 3.05) is 65.6 Å². The molecule has 17 heavy (non-hydrogen) atoms. The van der Waals surface area contributed by atoms with Gasteiger partial charge in [-0.3, -0.25) is 4.90 Å². The Hall–Kier alpha value is 1.44. The Morgan fingerprint density at radius 1 is 1.06 bits per heavy atom. The van der Waals surface area contributed by atoms with E-state index in [1.165, 1.54) is 0 Å². The molecule has 0 radical (unpaired) electrons. The van der Waals surface area contributed by atoms with E-state index in [0.717, 1.165) is 52.4 Å². The zero-order valence-electron chi connectivity index (χ0n) is 10.9. The third-order valence-electron chi connectivity index (χ3n) is 3.38. The van der Waals surface area contributed by atoms with Crippen LogP contribution in [0.1, 0.15) is 0 Å². The largest absolute Gasteiger partial charge is 1.00 e. The van der Waals surface area contributed by atoms with Crippen molar-refractivity contribution < 1.29 is 61.2 Å². The molecular weight excluding hydrogens is 245 g/mol. The second-order valence-corrected chi connectivity index (χ2v) is 4.54. The first-order chi connectivity index (χ1) is 7.88. The smallest absolute Gasteiger partial charge is 0.854 e. The Labute approximate surface area is 146 Å². The minimum atomic E-state index is 0. The van der Waals surface area contributed by atoms with Crippen LogP contribution in [-0.4, -0.2) is 81.5 Å². The van der Waals surface area contributed by atoms with Gasteiger partial charge in [0.25, 0.3) is 0 Å². The fourth-order valence-corrected chi connectivity index (χ4v) is 2.09. The molecule has 2 heterocycles. The maximum absolute atomic E-state index is 10.5. The summed E-state index contributed by atoms with van der Waals surface area (Å²) in [5.41, 5.74) is 0. The van der Waals surface area contributed by atoms with Gasteiger partial charge in [0.15, 0.2) is 0 Å². The summed E-state index contributed by atoms with van der Waals surface area (Å²) in [6, 6.07) is 0. The van der Waals surface area contributed by atoms with Gasteiger partial charge in [-0.05, 0) is 6.54 Å². The van der Waals surface area contributed by atoms with Crippen LogP contribution < -0.4 is 61.8 Å². The third kappa shape index (κ3) is 5.94. The van der Waals surface area contributed by atoms with Crippen molar-refractivity contribution in [3.05, 3.63) is 0 Å². The van der Waals surface area contributed by atoms with Gasteiger partial charge in [-0.15, -0.1) is 6.61 Å². The van der Waals surface area contributed by atoms with E-state index in [2.05, 4.69) is 15.1 Å². The summed E-state index contributed by atoms with van der Waals surface area (Å²) in [7, 11) is 0. The van der Waals surface area contributed by atoms with Crippen molar-refractivity contribution in [2.45, 2.75) is 6.10 Å². The summed E-state index contributed by atoms with van der Waals surface area (Å²) in [5, 5.41) is 13.7. The van der Waals surface area contributed by atoms with Crippen LogP contribution in [0.3, 0.4) is 0 Å².